The number of nitrogens with zero attached hydrogens (tertiary/aromatic N) is 4. The Morgan fingerprint density at radius 2 is 1.95 bits per heavy atom. The van der Waals surface area contributed by atoms with Gasteiger partial charge < -0.3 is 0 Å². The quantitative estimate of drug-likeness (QED) is 0.745. The van der Waals surface area contributed by atoms with E-state index in [4.69, 9.17) is 6.42 Å². The molecule has 1 aromatic heterocycles. The molecule has 0 spiro atoms. The Morgan fingerprint density at radius 3 is 2.55 bits per heavy atom. The van der Waals surface area contributed by atoms with E-state index in [2.05, 4.69) is 45.4 Å². The number of hydrogen-bond acceptors (Lipinski definition) is 3. The second-order valence-corrected chi connectivity index (χ2v) is 5.07. The predicted molar refractivity (Wildman–Crippen MR) is 80.3 cm³/mol. The molecule has 104 valence electrons. The van der Waals surface area contributed by atoms with Crippen molar-refractivity contribution >= 4 is 0 Å². The Kier molecular flexibility index (Phi) is 4.91. The summed E-state index contributed by atoms with van der Waals surface area (Å²) in [4.78, 5) is 2.15. The molecule has 4 nitrogen and oxygen atoms in total. The summed E-state index contributed by atoms with van der Waals surface area (Å²) in [5.41, 5.74) is 3.58. The summed E-state index contributed by atoms with van der Waals surface area (Å²) < 4.78 is 1.73. The zero-order chi connectivity index (χ0) is 14.4. The van der Waals surface area contributed by atoms with Gasteiger partial charge >= 0.3 is 0 Å². The number of aromatic nitrogens is 3. The van der Waals surface area contributed by atoms with Crippen LogP contribution in [0.15, 0.2) is 30.5 Å². The van der Waals surface area contributed by atoms with Crippen LogP contribution in [0.1, 0.15) is 16.8 Å². The number of terminal acetylenes is 1. The lowest BCUT2D eigenvalue weighted by molar-refractivity contribution is 0.381. The van der Waals surface area contributed by atoms with Crippen LogP contribution in [0.2, 0.25) is 0 Å². The van der Waals surface area contributed by atoms with Gasteiger partial charge in [-0.05, 0) is 24.6 Å². The van der Waals surface area contributed by atoms with Crippen LogP contribution in [0.4, 0.5) is 0 Å². The van der Waals surface area contributed by atoms with Gasteiger partial charge in [0.2, 0.25) is 0 Å². The standard InChI is InChI=1S/C16H20N4/c1-4-10-19(2)11-9-14-5-7-15(8-6-14)12-16-13-20(3)18-17-16/h1,5-8,13H,9-12H2,2-3H3. The van der Waals surface area contributed by atoms with Gasteiger partial charge in [-0.25, -0.2) is 0 Å². The van der Waals surface area contributed by atoms with E-state index in [1.54, 1.807) is 4.68 Å². The van der Waals surface area contributed by atoms with Crippen molar-refractivity contribution in [1.82, 2.24) is 19.9 Å². The lowest BCUT2D eigenvalue weighted by Crippen LogP contribution is -2.21. The van der Waals surface area contributed by atoms with Crippen LogP contribution in [0, 0.1) is 12.3 Å². The summed E-state index contributed by atoms with van der Waals surface area (Å²) in [5, 5.41) is 8.04. The fraction of sp³-hybridized carbons (Fsp3) is 0.375. The van der Waals surface area contributed by atoms with E-state index in [1.807, 2.05) is 20.3 Å². The molecule has 0 N–H and O–H groups in total. The molecule has 0 atom stereocenters. The van der Waals surface area contributed by atoms with Gasteiger partial charge in [0.05, 0.1) is 12.2 Å². The van der Waals surface area contributed by atoms with Gasteiger partial charge in [-0.3, -0.25) is 9.58 Å². The molecule has 0 unspecified atom stereocenters. The van der Waals surface area contributed by atoms with E-state index in [-0.39, 0.29) is 0 Å². The zero-order valence-electron chi connectivity index (χ0n) is 12.1. The average molecular weight is 268 g/mol. The van der Waals surface area contributed by atoms with E-state index in [0.717, 1.165) is 25.1 Å². The van der Waals surface area contributed by atoms with Crippen LogP contribution in [0.5, 0.6) is 0 Å². The SMILES string of the molecule is C#CCN(C)CCc1ccc(Cc2cn(C)nn2)cc1. The second kappa shape index (κ2) is 6.88. The largest absolute Gasteiger partial charge is 0.295 e. The molecule has 0 aliphatic heterocycles. The highest BCUT2D eigenvalue weighted by Crippen LogP contribution is 2.09. The van der Waals surface area contributed by atoms with Crippen LogP contribution >= 0.6 is 0 Å². The van der Waals surface area contributed by atoms with Gasteiger partial charge in [-0.2, -0.15) is 0 Å². The molecule has 0 saturated heterocycles. The highest BCUT2D eigenvalue weighted by atomic mass is 15.4. The molecule has 1 aromatic carbocycles. The van der Waals surface area contributed by atoms with E-state index >= 15 is 0 Å². The monoisotopic (exact) mass is 268 g/mol. The second-order valence-electron chi connectivity index (χ2n) is 5.07. The summed E-state index contributed by atoms with van der Waals surface area (Å²) in [6, 6.07) is 8.67. The Labute approximate surface area is 120 Å². The first-order valence-electron chi connectivity index (χ1n) is 6.72. The molecule has 2 rings (SSSR count). The maximum Gasteiger partial charge on any atom is 0.0870 e. The minimum atomic E-state index is 0.699. The summed E-state index contributed by atoms with van der Waals surface area (Å²) in [6.07, 6.45) is 9.08. The third-order valence-corrected chi connectivity index (χ3v) is 3.20. The molecular weight excluding hydrogens is 248 g/mol. The Balaban J connectivity index is 1.88. The summed E-state index contributed by atoms with van der Waals surface area (Å²) in [5.74, 6) is 2.65. The van der Waals surface area contributed by atoms with Crippen LogP contribution in [-0.2, 0) is 19.9 Å². The number of aryl methyl sites for hydroxylation is 1. The highest BCUT2D eigenvalue weighted by molar-refractivity contribution is 5.25. The topological polar surface area (TPSA) is 34.0 Å². The van der Waals surface area contributed by atoms with Gasteiger partial charge in [-0.1, -0.05) is 35.4 Å². The first-order valence-corrected chi connectivity index (χ1v) is 6.72. The van der Waals surface area contributed by atoms with Crippen molar-refractivity contribution < 1.29 is 0 Å². The normalized spacial score (nSPS) is 10.7. The summed E-state index contributed by atoms with van der Waals surface area (Å²) in [7, 11) is 3.93. The van der Waals surface area contributed by atoms with Crippen molar-refractivity contribution in [2.45, 2.75) is 12.8 Å². The lowest BCUT2D eigenvalue weighted by Gasteiger charge is -2.12. The van der Waals surface area contributed by atoms with E-state index in [9.17, 15) is 0 Å². The molecular formula is C16H20N4. The molecule has 0 aliphatic rings. The van der Waals surface area contributed by atoms with Gasteiger partial charge in [-0.15, -0.1) is 11.5 Å². The van der Waals surface area contributed by atoms with Crippen LogP contribution in [-0.4, -0.2) is 40.0 Å². The Morgan fingerprint density at radius 1 is 1.25 bits per heavy atom. The molecule has 0 aliphatic carbocycles. The third-order valence-electron chi connectivity index (χ3n) is 3.20. The first kappa shape index (κ1) is 14.3. The highest BCUT2D eigenvalue weighted by Gasteiger charge is 2.02. The first-order chi connectivity index (χ1) is 9.67. The molecule has 1 heterocycles. The molecule has 4 heteroatoms. The smallest absolute Gasteiger partial charge is 0.0870 e. The lowest BCUT2D eigenvalue weighted by atomic mass is 10.1. The molecule has 0 amide bonds. The van der Waals surface area contributed by atoms with Crippen LogP contribution < -0.4 is 0 Å². The number of rotatable bonds is 6. The number of benzene rings is 1. The maximum absolute atomic E-state index is 5.29. The van der Waals surface area contributed by atoms with Crippen LogP contribution in [0.25, 0.3) is 0 Å². The predicted octanol–water partition coefficient (Wildman–Crippen LogP) is 1.51. The minimum Gasteiger partial charge on any atom is -0.295 e. The minimum absolute atomic E-state index is 0.699. The summed E-state index contributed by atoms with van der Waals surface area (Å²) >= 11 is 0. The Bertz CT molecular complexity index is 577. The van der Waals surface area contributed by atoms with Gasteiger partial charge in [0.25, 0.3) is 0 Å². The average Bonchev–Trinajstić information content (AvgIpc) is 2.84. The fourth-order valence-corrected chi connectivity index (χ4v) is 2.06. The van der Waals surface area contributed by atoms with Crippen molar-refractivity contribution in [3.05, 3.63) is 47.3 Å². The third kappa shape index (κ3) is 4.22. The fourth-order valence-electron chi connectivity index (χ4n) is 2.06. The van der Waals surface area contributed by atoms with Crippen molar-refractivity contribution in [2.75, 3.05) is 20.1 Å². The molecule has 0 bridgehead atoms. The van der Waals surface area contributed by atoms with E-state index < -0.39 is 0 Å². The van der Waals surface area contributed by atoms with E-state index in [1.165, 1.54) is 11.1 Å². The van der Waals surface area contributed by atoms with Crippen molar-refractivity contribution in [3.8, 4) is 12.3 Å². The van der Waals surface area contributed by atoms with Gasteiger partial charge in [0.1, 0.15) is 0 Å². The van der Waals surface area contributed by atoms with Crippen molar-refractivity contribution in [3.63, 3.8) is 0 Å². The summed E-state index contributed by atoms with van der Waals surface area (Å²) in [6.45, 7) is 1.68. The van der Waals surface area contributed by atoms with Gasteiger partial charge in [0.15, 0.2) is 0 Å². The van der Waals surface area contributed by atoms with E-state index in [0.29, 0.717) is 6.54 Å². The molecule has 20 heavy (non-hydrogen) atoms. The molecule has 0 radical (unpaired) electrons. The van der Waals surface area contributed by atoms with Crippen molar-refractivity contribution in [2.24, 2.45) is 7.05 Å². The molecule has 0 saturated carbocycles. The van der Waals surface area contributed by atoms with Gasteiger partial charge in [0, 0.05) is 26.2 Å². The molecule has 0 fully saturated rings. The number of likely N-dealkylation sites (N-methyl/N-ethyl adjacent to an activating group) is 1. The number of hydrogen-bond donors (Lipinski definition) is 0. The van der Waals surface area contributed by atoms with Crippen LogP contribution in [0.3, 0.4) is 0 Å². The van der Waals surface area contributed by atoms with Crippen molar-refractivity contribution in [1.29, 1.82) is 0 Å². The zero-order valence-corrected chi connectivity index (χ0v) is 12.1. The Hall–Kier alpha value is -2.12. The molecule has 2 aromatic rings. The maximum atomic E-state index is 5.29.